The molecule has 0 saturated carbocycles. The molecule has 3 nitrogen and oxygen atoms in total. The average Bonchev–Trinajstić information content (AvgIpc) is 2.49. The molecule has 0 saturated heterocycles. The van der Waals surface area contributed by atoms with Gasteiger partial charge in [0.25, 0.3) is 5.91 Å². The van der Waals surface area contributed by atoms with Gasteiger partial charge in [-0.15, -0.1) is 0 Å². The Kier molecular flexibility index (Phi) is 4.87. The van der Waals surface area contributed by atoms with Gasteiger partial charge in [-0.2, -0.15) is 0 Å². The monoisotopic (exact) mass is 291 g/mol. The first-order chi connectivity index (χ1) is 10.1. The third-order valence-corrected chi connectivity index (χ3v) is 3.04. The van der Waals surface area contributed by atoms with Crippen molar-refractivity contribution in [1.82, 2.24) is 5.32 Å². The minimum atomic E-state index is -0.518. The molecule has 2 aromatic rings. The van der Waals surface area contributed by atoms with Gasteiger partial charge in [-0.05, 0) is 36.2 Å². The van der Waals surface area contributed by atoms with E-state index in [0.29, 0.717) is 17.7 Å². The highest BCUT2D eigenvalue weighted by Gasteiger charge is 2.13. The Labute approximate surface area is 121 Å². The summed E-state index contributed by atoms with van der Waals surface area (Å²) in [6.45, 7) is 0.249. The molecule has 0 unspecified atom stereocenters. The van der Waals surface area contributed by atoms with Crippen molar-refractivity contribution < 1.29 is 18.3 Å². The number of halogens is 2. The van der Waals surface area contributed by atoms with E-state index in [1.54, 1.807) is 18.2 Å². The molecule has 0 aliphatic heterocycles. The van der Waals surface area contributed by atoms with E-state index in [0.717, 1.165) is 6.07 Å². The average molecular weight is 291 g/mol. The Morgan fingerprint density at radius 2 is 1.95 bits per heavy atom. The van der Waals surface area contributed by atoms with Crippen LogP contribution < -0.4 is 10.1 Å². The van der Waals surface area contributed by atoms with Crippen LogP contribution >= 0.6 is 0 Å². The van der Waals surface area contributed by atoms with Crippen molar-refractivity contribution in [2.45, 2.75) is 6.42 Å². The van der Waals surface area contributed by atoms with Crippen LogP contribution in [0.3, 0.4) is 0 Å². The van der Waals surface area contributed by atoms with Crippen LogP contribution in [0, 0.1) is 11.6 Å². The summed E-state index contributed by atoms with van der Waals surface area (Å²) in [5, 5.41) is 2.62. The fourth-order valence-electron chi connectivity index (χ4n) is 1.96. The molecule has 1 N–H and O–H groups in total. The van der Waals surface area contributed by atoms with Crippen LogP contribution in [0.2, 0.25) is 0 Å². The molecule has 0 radical (unpaired) electrons. The number of amides is 1. The van der Waals surface area contributed by atoms with E-state index in [2.05, 4.69) is 5.32 Å². The minimum absolute atomic E-state index is 0.117. The number of hydrogen-bond acceptors (Lipinski definition) is 2. The van der Waals surface area contributed by atoms with Gasteiger partial charge in [0.15, 0.2) is 0 Å². The number of carbonyl (C=O) groups excluding carboxylic acids is 1. The molecule has 0 spiro atoms. The molecular formula is C16H15F2NO2. The summed E-state index contributed by atoms with van der Waals surface area (Å²) in [6, 6.07) is 10.1. The van der Waals surface area contributed by atoms with Gasteiger partial charge in [-0.1, -0.05) is 18.2 Å². The van der Waals surface area contributed by atoms with E-state index in [9.17, 15) is 13.6 Å². The summed E-state index contributed by atoms with van der Waals surface area (Å²) in [4.78, 5) is 12.0. The van der Waals surface area contributed by atoms with Crippen molar-refractivity contribution in [3.05, 3.63) is 65.2 Å². The van der Waals surface area contributed by atoms with Crippen LogP contribution in [0.25, 0.3) is 0 Å². The molecule has 1 amide bonds. The number of rotatable bonds is 5. The maximum Gasteiger partial charge on any atom is 0.255 e. The van der Waals surface area contributed by atoms with E-state index < -0.39 is 11.7 Å². The van der Waals surface area contributed by atoms with Gasteiger partial charge < -0.3 is 10.1 Å². The molecule has 0 atom stereocenters. The molecule has 0 aromatic heterocycles. The van der Waals surface area contributed by atoms with Crippen molar-refractivity contribution in [2.75, 3.05) is 13.7 Å². The Hall–Kier alpha value is -2.43. The molecule has 0 aliphatic carbocycles. The van der Waals surface area contributed by atoms with E-state index >= 15 is 0 Å². The van der Waals surface area contributed by atoms with E-state index in [-0.39, 0.29) is 17.9 Å². The van der Waals surface area contributed by atoms with E-state index in [1.165, 1.54) is 25.3 Å². The Bertz CT molecular complexity index is 644. The van der Waals surface area contributed by atoms with Crippen LogP contribution in [0.15, 0.2) is 42.5 Å². The van der Waals surface area contributed by atoms with E-state index in [4.69, 9.17) is 4.74 Å². The SMILES string of the molecule is COc1ccc(F)cc1C(=O)NCCc1ccccc1F. The van der Waals surface area contributed by atoms with Gasteiger partial charge >= 0.3 is 0 Å². The molecule has 2 rings (SSSR count). The van der Waals surface area contributed by atoms with Crippen molar-refractivity contribution >= 4 is 5.91 Å². The maximum atomic E-state index is 13.4. The zero-order chi connectivity index (χ0) is 15.2. The fourth-order valence-corrected chi connectivity index (χ4v) is 1.96. The molecule has 110 valence electrons. The van der Waals surface area contributed by atoms with Gasteiger partial charge in [0.2, 0.25) is 0 Å². The number of carbonyl (C=O) groups is 1. The predicted molar refractivity (Wildman–Crippen MR) is 75.4 cm³/mol. The van der Waals surface area contributed by atoms with Crippen molar-refractivity contribution in [1.29, 1.82) is 0 Å². The summed E-state index contributed by atoms with van der Waals surface area (Å²) < 4.78 is 31.6. The first kappa shape index (κ1) is 15.0. The van der Waals surface area contributed by atoms with Crippen molar-refractivity contribution in [3.8, 4) is 5.75 Å². The summed E-state index contributed by atoms with van der Waals surface area (Å²) in [5.74, 6) is -0.993. The topological polar surface area (TPSA) is 38.3 Å². The van der Waals surface area contributed by atoms with Gasteiger partial charge in [-0.3, -0.25) is 4.79 Å². The second-order valence-corrected chi connectivity index (χ2v) is 4.44. The summed E-state index contributed by atoms with van der Waals surface area (Å²) >= 11 is 0. The molecule has 0 heterocycles. The minimum Gasteiger partial charge on any atom is -0.496 e. The third-order valence-electron chi connectivity index (χ3n) is 3.04. The molecule has 2 aromatic carbocycles. The van der Waals surface area contributed by atoms with Crippen LogP contribution in [0.1, 0.15) is 15.9 Å². The first-order valence-corrected chi connectivity index (χ1v) is 6.47. The zero-order valence-electron chi connectivity index (χ0n) is 11.5. The molecule has 0 aliphatic rings. The maximum absolute atomic E-state index is 13.4. The smallest absolute Gasteiger partial charge is 0.255 e. The summed E-state index contributed by atoms with van der Waals surface area (Å²) in [6.07, 6.45) is 0.357. The quantitative estimate of drug-likeness (QED) is 0.920. The molecular weight excluding hydrogens is 276 g/mol. The zero-order valence-corrected chi connectivity index (χ0v) is 11.5. The number of ether oxygens (including phenoxy) is 1. The lowest BCUT2D eigenvalue weighted by Gasteiger charge is -2.09. The second kappa shape index (κ2) is 6.83. The first-order valence-electron chi connectivity index (χ1n) is 6.47. The van der Waals surface area contributed by atoms with Crippen molar-refractivity contribution in [2.24, 2.45) is 0 Å². The van der Waals surface area contributed by atoms with Gasteiger partial charge in [0, 0.05) is 6.54 Å². The second-order valence-electron chi connectivity index (χ2n) is 4.44. The highest BCUT2D eigenvalue weighted by Crippen LogP contribution is 2.19. The number of methoxy groups -OCH3 is 1. The normalized spacial score (nSPS) is 10.2. The largest absolute Gasteiger partial charge is 0.496 e. The molecule has 21 heavy (non-hydrogen) atoms. The fraction of sp³-hybridized carbons (Fsp3) is 0.188. The molecule has 0 fully saturated rings. The summed E-state index contributed by atoms with van der Waals surface area (Å²) in [5.41, 5.74) is 0.634. The van der Waals surface area contributed by atoms with Gasteiger partial charge in [0.05, 0.1) is 12.7 Å². The van der Waals surface area contributed by atoms with Gasteiger partial charge in [0.1, 0.15) is 17.4 Å². The Morgan fingerprint density at radius 3 is 2.67 bits per heavy atom. The van der Waals surface area contributed by atoms with Crippen LogP contribution in [-0.2, 0) is 6.42 Å². The van der Waals surface area contributed by atoms with Crippen LogP contribution in [0.5, 0.6) is 5.75 Å². The third kappa shape index (κ3) is 3.78. The van der Waals surface area contributed by atoms with Crippen LogP contribution in [0.4, 0.5) is 8.78 Å². The van der Waals surface area contributed by atoms with Crippen molar-refractivity contribution in [3.63, 3.8) is 0 Å². The lowest BCUT2D eigenvalue weighted by atomic mass is 10.1. The molecule has 0 bridgehead atoms. The number of benzene rings is 2. The van der Waals surface area contributed by atoms with Crippen LogP contribution in [-0.4, -0.2) is 19.6 Å². The Balaban J connectivity index is 1.99. The standard InChI is InChI=1S/C16H15F2NO2/c1-21-15-7-6-12(17)10-13(15)16(20)19-9-8-11-4-2-3-5-14(11)18/h2-7,10H,8-9H2,1H3,(H,19,20). The number of nitrogens with one attached hydrogen (secondary N) is 1. The van der Waals surface area contributed by atoms with Gasteiger partial charge in [-0.25, -0.2) is 8.78 Å². The summed E-state index contributed by atoms with van der Waals surface area (Å²) in [7, 11) is 1.41. The number of hydrogen-bond donors (Lipinski definition) is 1. The highest BCUT2D eigenvalue weighted by molar-refractivity contribution is 5.96. The Morgan fingerprint density at radius 1 is 1.19 bits per heavy atom. The molecule has 5 heteroatoms. The van der Waals surface area contributed by atoms with E-state index in [1.807, 2.05) is 0 Å². The highest BCUT2D eigenvalue weighted by atomic mass is 19.1. The lowest BCUT2D eigenvalue weighted by molar-refractivity contribution is 0.0950. The lowest BCUT2D eigenvalue weighted by Crippen LogP contribution is -2.26. The predicted octanol–water partition coefficient (Wildman–Crippen LogP) is 2.95.